The molecule has 0 saturated heterocycles. The molecule has 0 aromatic carbocycles. The molecule has 2 heterocycles. The average Bonchev–Trinajstić information content (AvgIpc) is 2.50. The lowest BCUT2D eigenvalue weighted by Crippen LogP contribution is -2.28. The molecule has 0 saturated carbocycles. The first kappa shape index (κ1) is 16.6. The first-order chi connectivity index (χ1) is 10.8. The summed E-state index contributed by atoms with van der Waals surface area (Å²) in [6.07, 6.45) is 5.46. The number of thioether (sulfide) groups is 1. The fourth-order valence-electron chi connectivity index (χ4n) is 3.41. The quantitative estimate of drug-likeness (QED) is 0.785. The van der Waals surface area contributed by atoms with Crippen molar-refractivity contribution in [3.8, 4) is 0 Å². The largest absolute Gasteiger partial charge is 0.345 e. The van der Waals surface area contributed by atoms with Gasteiger partial charge < -0.3 is 4.90 Å². The highest BCUT2D eigenvalue weighted by Gasteiger charge is 2.30. The van der Waals surface area contributed by atoms with Gasteiger partial charge in [0.25, 0.3) is 0 Å². The average molecular weight is 330 g/mol. The first-order valence-electron chi connectivity index (χ1n) is 8.33. The molecule has 0 fully saturated rings. The van der Waals surface area contributed by atoms with Crippen LogP contribution in [-0.2, 0) is 17.6 Å². The van der Waals surface area contributed by atoms with E-state index in [-0.39, 0.29) is 5.91 Å². The molecule has 0 N–H and O–H groups in total. The summed E-state index contributed by atoms with van der Waals surface area (Å²) < 4.78 is 0. The van der Waals surface area contributed by atoms with Gasteiger partial charge in [-0.15, -0.1) is 11.8 Å². The number of rotatable bonds is 1. The van der Waals surface area contributed by atoms with Crippen molar-refractivity contribution in [3.05, 3.63) is 28.5 Å². The lowest BCUT2D eigenvalue weighted by atomic mass is 9.71. The normalized spacial score (nSPS) is 20.4. The standard InChI is InChI=1S/C19H26N2OS/c1-19(2,3)15-6-7-16-12(10-15)8-13-9-14(18(22)21(4)5)11-23-17(13)20-16/h8-9,15H,6-7,10-11H2,1-5H3. The molecule has 1 aliphatic heterocycles. The Bertz CT molecular complexity index is 671. The van der Waals surface area contributed by atoms with Gasteiger partial charge in [-0.25, -0.2) is 4.98 Å². The smallest absolute Gasteiger partial charge is 0.250 e. The third-order valence-electron chi connectivity index (χ3n) is 4.98. The molecule has 1 amide bonds. The third-order valence-corrected chi connectivity index (χ3v) is 6.04. The van der Waals surface area contributed by atoms with Crippen molar-refractivity contribution in [2.75, 3.05) is 19.8 Å². The summed E-state index contributed by atoms with van der Waals surface area (Å²) in [6.45, 7) is 6.99. The van der Waals surface area contributed by atoms with Crippen LogP contribution in [0.5, 0.6) is 0 Å². The predicted molar refractivity (Wildman–Crippen MR) is 96.6 cm³/mol. The maximum absolute atomic E-state index is 12.2. The number of pyridine rings is 1. The fourth-order valence-corrected chi connectivity index (χ4v) is 4.37. The third kappa shape index (κ3) is 3.32. The number of aryl methyl sites for hydroxylation is 1. The van der Waals surface area contributed by atoms with E-state index < -0.39 is 0 Å². The van der Waals surface area contributed by atoms with Crippen LogP contribution in [0.15, 0.2) is 16.7 Å². The maximum Gasteiger partial charge on any atom is 0.250 e. The summed E-state index contributed by atoms with van der Waals surface area (Å²) in [6, 6.07) is 2.28. The van der Waals surface area contributed by atoms with Gasteiger partial charge in [-0.3, -0.25) is 4.79 Å². The lowest BCUT2D eigenvalue weighted by molar-refractivity contribution is -0.124. The second-order valence-electron chi connectivity index (χ2n) is 7.95. The summed E-state index contributed by atoms with van der Waals surface area (Å²) in [5.41, 5.74) is 4.99. The number of hydrogen-bond donors (Lipinski definition) is 0. The van der Waals surface area contributed by atoms with Crippen LogP contribution >= 0.6 is 11.8 Å². The number of likely N-dealkylation sites (N-methyl/N-ethyl adjacent to an activating group) is 1. The topological polar surface area (TPSA) is 33.2 Å². The number of fused-ring (bicyclic) bond motifs is 2. The second kappa shape index (κ2) is 5.97. The molecule has 1 aromatic heterocycles. The van der Waals surface area contributed by atoms with Crippen molar-refractivity contribution in [1.82, 2.24) is 9.88 Å². The van der Waals surface area contributed by atoms with Gasteiger partial charge in [0.1, 0.15) is 5.03 Å². The van der Waals surface area contributed by atoms with Crippen LogP contribution in [0.4, 0.5) is 0 Å². The maximum atomic E-state index is 12.2. The molecule has 3 rings (SSSR count). The van der Waals surface area contributed by atoms with Crippen LogP contribution in [-0.4, -0.2) is 35.6 Å². The summed E-state index contributed by atoms with van der Waals surface area (Å²) in [4.78, 5) is 18.8. The molecule has 3 nitrogen and oxygen atoms in total. The van der Waals surface area contributed by atoms with Gasteiger partial charge >= 0.3 is 0 Å². The van der Waals surface area contributed by atoms with Crippen LogP contribution in [0.3, 0.4) is 0 Å². The van der Waals surface area contributed by atoms with Crippen molar-refractivity contribution in [1.29, 1.82) is 0 Å². The Labute approximate surface area is 143 Å². The monoisotopic (exact) mass is 330 g/mol. The Morgan fingerprint density at radius 2 is 2.09 bits per heavy atom. The van der Waals surface area contributed by atoms with Crippen molar-refractivity contribution in [2.24, 2.45) is 11.3 Å². The van der Waals surface area contributed by atoms with Crippen LogP contribution in [0.2, 0.25) is 0 Å². The minimum absolute atomic E-state index is 0.105. The molecule has 1 aliphatic carbocycles. The zero-order chi connectivity index (χ0) is 16.8. The Hall–Kier alpha value is -1.29. The number of carbonyl (C=O) groups excluding carboxylic acids is 1. The lowest BCUT2D eigenvalue weighted by Gasteiger charge is -2.35. The van der Waals surface area contributed by atoms with Gasteiger partial charge in [0.05, 0.1) is 0 Å². The summed E-state index contributed by atoms with van der Waals surface area (Å²) >= 11 is 1.69. The molecule has 0 bridgehead atoms. The van der Waals surface area contributed by atoms with Gasteiger partial charge in [0.15, 0.2) is 0 Å². The van der Waals surface area contributed by atoms with Crippen molar-refractivity contribution < 1.29 is 4.79 Å². The van der Waals surface area contributed by atoms with E-state index >= 15 is 0 Å². The number of hydrogen-bond acceptors (Lipinski definition) is 3. The molecule has 0 radical (unpaired) electrons. The number of carbonyl (C=O) groups is 1. The Kier molecular flexibility index (Phi) is 4.30. The minimum atomic E-state index is 0.105. The summed E-state index contributed by atoms with van der Waals surface area (Å²) in [5, 5.41) is 1.09. The molecule has 1 aromatic rings. The number of nitrogens with zero attached hydrogens (tertiary/aromatic N) is 2. The van der Waals surface area contributed by atoms with E-state index in [2.05, 4.69) is 26.8 Å². The Morgan fingerprint density at radius 1 is 1.35 bits per heavy atom. The van der Waals surface area contributed by atoms with E-state index in [1.54, 1.807) is 16.7 Å². The minimum Gasteiger partial charge on any atom is -0.345 e. The molecule has 124 valence electrons. The van der Waals surface area contributed by atoms with Crippen LogP contribution in [0, 0.1) is 11.3 Å². The fraction of sp³-hybridized carbons (Fsp3) is 0.579. The number of amides is 1. The molecule has 1 unspecified atom stereocenters. The van der Waals surface area contributed by atoms with Crippen LogP contribution in [0.25, 0.3) is 6.08 Å². The zero-order valence-electron chi connectivity index (χ0n) is 14.8. The van der Waals surface area contributed by atoms with Gasteiger partial charge in [-0.05, 0) is 48.3 Å². The SMILES string of the molecule is CN(C)C(=O)C1=Cc2cc3c(nc2SC1)CCC(C(C)(C)C)C3. The van der Waals surface area contributed by atoms with E-state index in [1.807, 2.05) is 20.2 Å². The Morgan fingerprint density at radius 3 is 2.74 bits per heavy atom. The van der Waals surface area contributed by atoms with E-state index in [4.69, 9.17) is 4.98 Å². The highest BCUT2D eigenvalue weighted by Crippen LogP contribution is 2.39. The zero-order valence-corrected chi connectivity index (χ0v) is 15.6. The molecule has 23 heavy (non-hydrogen) atoms. The van der Waals surface area contributed by atoms with Crippen molar-refractivity contribution in [3.63, 3.8) is 0 Å². The summed E-state index contributed by atoms with van der Waals surface area (Å²) in [5.74, 6) is 1.53. The first-order valence-corrected chi connectivity index (χ1v) is 9.32. The van der Waals surface area contributed by atoms with E-state index in [9.17, 15) is 4.79 Å². The number of aromatic nitrogens is 1. The molecular weight excluding hydrogens is 304 g/mol. The van der Waals surface area contributed by atoms with Crippen LogP contribution < -0.4 is 0 Å². The second-order valence-corrected chi connectivity index (χ2v) is 8.92. The van der Waals surface area contributed by atoms with Gasteiger partial charge in [0, 0.05) is 36.7 Å². The van der Waals surface area contributed by atoms with E-state index in [0.717, 1.165) is 34.8 Å². The van der Waals surface area contributed by atoms with Gasteiger partial charge in [0.2, 0.25) is 5.91 Å². The van der Waals surface area contributed by atoms with Gasteiger partial charge in [-0.1, -0.05) is 20.8 Å². The molecule has 1 atom stereocenters. The molecule has 2 aliphatic rings. The highest BCUT2D eigenvalue weighted by molar-refractivity contribution is 7.99. The van der Waals surface area contributed by atoms with Crippen molar-refractivity contribution in [2.45, 2.75) is 45.1 Å². The van der Waals surface area contributed by atoms with E-state index in [0.29, 0.717) is 11.3 Å². The van der Waals surface area contributed by atoms with Crippen LogP contribution in [0.1, 0.15) is 44.0 Å². The molecule has 4 heteroatoms. The van der Waals surface area contributed by atoms with Gasteiger partial charge in [-0.2, -0.15) is 0 Å². The molecule has 0 spiro atoms. The Balaban J connectivity index is 1.93. The molecular formula is C19H26N2OS. The highest BCUT2D eigenvalue weighted by atomic mass is 32.2. The van der Waals surface area contributed by atoms with E-state index in [1.165, 1.54) is 17.7 Å². The van der Waals surface area contributed by atoms with Crippen molar-refractivity contribution >= 4 is 23.7 Å². The summed E-state index contributed by atoms with van der Waals surface area (Å²) in [7, 11) is 3.62. The predicted octanol–water partition coefficient (Wildman–Crippen LogP) is 3.81.